The van der Waals surface area contributed by atoms with E-state index in [4.69, 9.17) is 0 Å². The summed E-state index contributed by atoms with van der Waals surface area (Å²) >= 11 is 1.50. The van der Waals surface area contributed by atoms with Gasteiger partial charge in [0.1, 0.15) is 0 Å². The van der Waals surface area contributed by atoms with Gasteiger partial charge in [-0.1, -0.05) is 73.6 Å². The predicted molar refractivity (Wildman–Crippen MR) is 154 cm³/mol. The van der Waals surface area contributed by atoms with Crippen LogP contribution >= 0.6 is 11.8 Å². The van der Waals surface area contributed by atoms with Crippen LogP contribution in [-0.4, -0.2) is 47.9 Å². The number of benzene rings is 2. The highest BCUT2D eigenvalue weighted by atomic mass is 32.2. The Kier molecular flexibility index (Phi) is 7.18. The van der Waals surface area contributed by atoms with Crippen LogP contribution in [0.15, 0.2) is 77.9 Å². The van der Waals surface area contributed by atoms with Gasteiger partial charge in [0.25, 0.3) is 5.91 Å². The van der Waals surface area contributed by atoms with Crippen LogP contribution in [0.3, 0.4) is 0 Å². The van der Waals surface area contributed by atoms with Crippen molar-refractivity contribution in [3.63, 3.8) is 0 Å². The van der Waals surface area contributed by atoms with Crippen molar-refractivity contribution in [2.45, 2.75) is 55.6 Å². The standard InChI is InChI=1S/C30H33N5O3S/c1-2-24(36)32-21-13-6-7-14-22(21)33-28(37)27-26-25-23(15-16-31-29(25)39-27)35(30(38)34-26)20-12-8-11-19(17-20)18-9-4-3-5-10-18/h2-5,8-12,17,21-23,25,29,31H,1,6-7,13-16H2,(H,32,36)(H,33,37)(H,34,38)/t21-,22+,23?,25?,29?/m0/s1. The second-order valence-corrected chi connectivity index (χ2v) is 11.7. The van der Waals surface area contributed by atoms with Crippen molar-refractivity contribution in [3.05, 3.63) is 77.9 Å². The maximum absolute atomic E-state index is 13.6. The third kappa shape index (κ3) is 4.96. The van der Waals surface area contributed by atoms with Crippen LogP contribution in [0.1, 0.15) is 32.1 Å². The molecule has 202 valence electrons. The van der Waals surface area contributed by atoms with E-state index >= 15 is 0 Å². The molecule has 5 atom stereocenters. The Labute approximate surface area is 232 Å². The maximum atomic E-state index is 13.6. The van der Waals surface area contributed by atoms with E-state index in [0.29, 0.717) is 10.6 Å². The quantitative estimate of drug-likeness (QED) is 0.415. The molecule has 3 heterocycles. The third-order valence-electron chi connectivity index (χ3n) is 8.17. The van der Waals surface area contributed by atoms with Gasteiger partial charge in [-0.25, -0.2) is 4.79 Å². The van der Waals surface area contributed by atoms with Gasteiger partial charge in [-0.05, 0) is 55.1 Å². The molecule has 0 spiro atoms. The van der Waals surface area contributed by atoms with Gasteiger partial charge < -0.3 is 21.3 Å². The number of nitrogens with zero attached hydrogens (tertiary/aromatic N) is 1. The molecule has 4 aliphatic rings. The van der Waals surface area contributed by atoms with Crippen molar-refractivity contribution in [2.24, 2.45) is 5.92 Å². The summed E-state index contributed by atoms with van der Waals surface area (Å²) in [5.41, 5.74) is 3.72. The molecule has 0 radical (unpaired) electrons. The fourth-order valence-corrected chi connectivity index (χ4v) is 7.74. The number of hydrogen-bond donors (Lipinski definition) is 4. The molecule has 1 saturated carbocycles. The summed E-state index contributed by atoms with van der Waals surface area (Å²) in [5, 5.41) is 12.8. The Bertz CT molecular complexity index is 1330. The molecule has 4 amide bonds. The van der Waals surface area contributed by atoms with Crippen LogP contribution in [0.5, 0.6) is 0 Å². The molecular formula is C30H33N5O3S. The van der Waals surface area contributed by atoms with Crippen LogP contribution < -0.4 is 26.2 Å². The Morgan fingerprint density at radius 1 is 0.974 bits per heavy atom. The summed E-state index contributed by atoms with van der Waals surface area (Å²) < 4.78 is 0. The van der Waals surface area contributed by atoms with Crippen LogP contribution in [0.2, 0.25) is 0 Å². The lowest BCUT2D eigenvalue weighted by atomic mass is 9.86. The first-order chi connectivity index (χ1) is 19.0. The molecule has 8 nitrogen and oxygen atoms in total. The van der Waals surface area contributed by atoms with Gasteiger partial charge in [-0.15, -0.1) is 0 Å². The second-order valence-electron chi connectivity index (χ2n) is 10.5. The number of rotatable bonds is 6. The zero-order valence-corrected chi connectivity index (χ0v) is 22.5. The molecule has 39 heavy (non-hydrogen) atoms. The lowest BCUT2D eigenvalue weighted by Crippen LogP contribution is -2.62. The Balaban J connectivity index is 1.26. The second kappa shape index (κ2) is 10.9. The van der Waals surface area contributed by atoms with Gasteiger partial charge in [0.05, 0.1) is 16.3 Å². The van der Waals surface area contributed by atoms with E-state index in [1.165, 1.54) is 17.8 Å². The Morgan fingerprint density at radius 2 is 1.72 bits per heavy atom. The SMILES string of the molecule is C=CC(=O)N[C@H]1CCCC[C@H]1NC(=O)C1=C2NC(=O)N(c3cccc(-c4ccccc4)c3)C3CCNC(S1)C23. The van der Waals surface area contributed by atoms with Gasteiger partial charge in [0.2, 0.25) is 5.91 Å². The molecule has 0 bridgehead atoms. The van der Waals surface area contributed by atoms with Crippen molar-refractivity contribution in [2.75, 3.05) is 11.4 Å². The summed E-state index contributed by atoms with van der Waals surface area (Å²) in [6, 6.07) is 17.7. The number of piperidine rings is 1. The average Bonchev–Trinajstić information content (AvgIpc) is 3.34. The molecule has 2 aromatic carbocycles. The molecule has 4 N–H and O–H groups in total. The topological polar surface area (TPSA) is 103 Å². The zero-order valence-electron chi connectivity index (χ0n) is 21.7. The number of carbonyl (C=O) groups excluding carboxylic acids is 3. The highest BCUT2D eigenvalue weighted by Crippen LogP contribution is 2.48. The molecule has 3 unspecified atom stereocenters. The zero-order chi connectivity index (χ0) is 26.9. The van der Waals surface area contributed by atoms with Gasteiger partial charge >= 0.3 is 6.03 Å². The molecule has 3 fully saturated rings. The minimum atomic E-state index is -0.229. The van der Waals surface area contributed by atoms with Gasteiger partial charge in [-0.2, -0.15) is 0 Å². The van der Waals surface area contributed by atoms with E-state index in [1.807, 2.05) is 35.2 Å². The van der Waals surface area contributed by atoms with Crippen LogP contribution in [0.4, 0.5) is 10.5 Å². The molecule has 2 aromatic rings. The number of nitrogens with one attached hydrogen (secondary N) is 4. The summed E-state index contributed by atoms with van der Waals surface area (Å²) in [6.45, 7) is 4.31. The third-order valence-corrected chi connectivity index (χ3v) is 9.53. The number of thioether (sulfide) groups is 1. The highest BCUT2D eigenvalue weighted by Gasteiger charge is 2.52. The van der Waals surface area contributed by atoms with Crippen LogP contribution in [0.25, 0.3) is 11.1 Å². The fraction of sp³-hybridized carbons (Fsp3) is 0.367. The predicted octanol–water partition coefficient (Wildman–Crippen LogP) is 3.88. The van der Waals surface area contributed by atoms with Gasteiger partial charge in [-0.3, -0.25) is 14.5 Å². The Hall–Kier alpha value is -3.56. The fourth-order valence-electron chi connectivity index (χ4n) is 6.34. The number of urea groups is 1. The first kappa shape index (κ1) is 25.7. The maximum Gasteiger partial charge on any atom is 0.326 e. The smallest absolute Gasteiger partial charge is 0.326 e. The van der Waals surface area contributed by atoms with Gasteiger partial charge in [0, 0.05) is 29.4 Å². The number of amides is 4. The van der Waals surface area contributed by atoms with E-state index in [-0.39, 0.29) is 47.3 Å². The summed E-state index contributed by atoms with van der Waals surface area (Å²) in [5.74, 6) is -0.438. The molecule has 0 aromatic heterocycles. The number of anilines is 1. The van der Waals surface area contributed by atoms with E-state index in [0.717, 1.165) is 55.5 Å². The molecule has 2 saturated heterocycles. The lowest BCUT2D eigenvalue weighted by molar-refractivity contribution is -0.120. The van der Waals surface area contributed by atoms with Crippen molar-refractivity contribution < 1.29 is 14.4 Å². The van der Waals surface area contributed by atoms with Gasteiger partial charge in [0.15, 0.2) is 0 Å². The first-order valence-electron chi connectivity index (χ1n) is 13.7. The number of carbonyl (C=O) groups is 3. The Morgan fingerprint density at radius 3 is 2.49 bits per heavy atom. The highest BCUT2D eigenvalue weighted by molar-refractivity contribution is 8.04. The van der Waals surface area contributed by atoms with Crippen molar-refractivity contribution in [3.8, 4) is 11.1 Å². The summed E-state index contributed by atoms with van der Waals surface area (Å²) in [4.78, 5) is 41.6. The van der Waals surface area contributed by atoms with E-state index in [9.17, 15) is 14.4 Å². The van der Waals surface area contributed by atoms with Crippen molar-refractivity contribution >= 4 is 35.3 Å². The normalized spacial score (nSPS) is 27.8. The van der Waals surface area contributed by atoms with E-state index in [1.54, 1.807) is 0 Å². The summed E-state index contributed by atoms with van der Waals surface area (Å²) in [6.07, 6.45) is 5.66. The lowest BCUT2D eigenvalue weighted by Gasteiger charge is -2.45. The first-order valence-corrected chi connectivity index (χ1v) is 14.5. The molecule has 1 aliphatic carbocycles. The molecular weight excluding hydrogens is 510 g/mol. The summed E-state index contributed by atoms with van der Waals surface area (Å²) in [7, 11) is 0. The van der Waals surface area contributed by atoms with Crippen molar-refractivity contribution in [1.29, 1.82) is 0 Å². The van der Waals surface area contributed by atoms with Crippen molar-refractivity contribution in [1.82, 2.24) is 21.3 Å². The molecule has 9 heteroatoms. The largest absolute Gasteiger partial charge is 0.348 e. The molecule has 6 rings (SSSR count). The van der Waals surface area contributed by atoms with Crippen LogP contribution in [-0.2, 0) is 9.59 Å². The minimum Gasteiger partial charge on any atom is -0.348 e. The monoisotopic (exact) mass is 543 g/mol. The number of hydrogen-bond acceptors (Lipinski definition) is 5. The van der Waals surface area contributed by atoms with E-state index in [2.05, 4.69) is 52.1 Å². The van der Waals surface area contributed by atoms with E-state index < -0.39 is 0 Å². The minimum absolute atomic E-state index is 0.00234. The average molecular weight is 544 g/mol. The molecule has 3 aliphatic heterocycles. The van der Waals surface area contributed by atoms with Crippen LogP contribution in [0, 0.1) is 5.92 Å².